The zero-order chi connectivity index (χ0) is 23.4. The molecule has 1 atom stereocenters. The predicted octanol–water partition coefficient (Wildman–Crippen LogP) is 5.11. The molecule has 1 aromatic heterocycles. The summed E-state index contributed by atoms with van der Waals surface area (Å²) in [7, 11) is 0. The van der Waals surface area contributed by atoms with Gasteiger partial charge in [-0.3, -0.25) is 14.9 Å². The van der Waals surface area contributed by atoms with E-state index in [4.69, 9.17) is 16.3 Å². The van der Waals surface area contributed by atoms with Crippen LogP contribution in [0.5, 0.6) is 11.5 Å². The molecule has 0 spiro atoms. The molecule has 4 rings (SSSR count). The lowest BCUT2D eigenvalue weighted by Gasteiger charge is -2.15. The molecule has 0 saturated heterocycles. The predicted molar refractivity (Wildman–Crippen MR) is 122 cm³/mol. The van der Waals surface area contributed by atoms with Gasteiger partial charge in [0, 0.05) is 16.7 Å². The molecule has 10 heteroatoms. The van der Waals surface area contributed by atoms with Crippen molar-refractivity contribution in [3.05, 3.63) is 106 Å². The van der Waals surface area contributed by atoms with Gasteiger partial charge in [0.1, 0.15) is 18.4 Å². The summed E-state index contributed by atoms with van der Waals surface area (Å²) in [5, 5.41) is 18.5. The average molecular weight is 464 g/mol. The lowest BCUT2D eigenvalue weighted by Crippen LogP contribution is -2.26. The van der Waals surface area contributed by atoms with Gasteiger partial charge in [-0.2, -0.15) is 5.10 Å². The van der Waals surface area contributed by atoms with Crippen molar-refractivity contribution in [2.75, 3.05) is 0 Å². The Morgan fingerprint density at radius 1 is 1.12 bits per heavy atom. The molecule has 33 heavy (non-hydrogen) atoms. The normalized spacial score (nSPS) is 11.6. The molecular formula is C23H18ClN5O4. The molecule has 1 amide bonds. The van der Waals surface area contributed by atoms with Gasteiger partial charge < -0.3 is 10.1 Å². The number of halogens is 1. The number of rotatable bonds is 7. The van der Waals surface area contributed by atoms with E-state index in [1.54, 1.807) is 35.3 Å². The molecule has 3 aromatic carbocycles. The Kier molecular flexibility index (Phi) is 6.32. The summed E-state index contributed by atoms with van der Waals surface area (Å²) < 4.78 is 7.26. The van der Waals surface area contributed by atoms with Gasteiger partial charge >= 0.3 is 5.69 Å². The van der Waals surface area contributed by atoms with Crippen molar-refractivity contribution in [1.29, 1.82) is 0 Å². The van der Waals surface area contributed by atoms with E-state index in [1.807, 2.05) is 31.2 Å². The smallest absolute Gasteiger partial charge is 0.313 e. The molecule has 4 aromatic rings. The molecular weight excluding hydrogens is 446 g/mol. The second-order valence-corrected chi connectivity index (χ2v) is 7.56. The second kappa shape index (κ2) is 9.49. The first-order valence-corrected chi connectivity index (χ1v) is 10.3. The van der Waals surface area contributed by atoms with Crippen LogP contribution in [0.15, 0.2) is 79.4 Å². The third-order valence-electron chi connectivity index (χ3n) is 4.89. The Morgan fingerprint density at radius 2 is 1.85 bits per heavy atom. The molecule has 0 saturated carbocycles. The van der Waals surface area contributed by atoms with E-state index >= 15 is 0 Å². The van der Waals surface area contributed by atoms with Gasteiger partial charge in [-0.1, -0.05) is 23.7 Å². The Hall–Kier alpha value is -4.24. The highest BCUT2D eigenvalue weighted by molar-refractivity contribution is 6.30. The maximum atomic E-state index is 12.7. The number of aromatic nitrogens is 3. The number of ether oxygens (including phenoxy) is 1. The van der Waals surface area contributed by atoms with Crippen molar-refractivity contribution < 1.29 is 14.5 Å². The van der Waals surface area contributed by atoms with E-state index < -0.39 is 4.92 Å². The molecule has 0 fully saturated rings. The quantitative estimate of drug-likeness (QED) is 0.301. The Morgan fingerprint density at radius 3 is 2.48 bits per heavy atom. The van der Waals surface area contributed by atoms with Gasteiger partial charge in [-0.25, -0.2) is 9.67 Å². The fraction of sp³-hybridized carbons (Fsp3) is 0.0870. The summed E-state index contributed by atoms with van der Waals surface area (Å²) in [6.07, 6.45) is 3.07. The number of nitrogens with zero attached hydrogens (tertiary/aromatic N) is 4. The number of amides is 1. The van der Waals surface area contributed by atoms with E-state index in [1.165, 1.54) is 24.5 Å². The minimum atomic E-state index is -0.567. The first-order valence-electron chi connectivity index (χ1n) is 9.88. The molecule has 0 aliphatic carbocycles. The Bertz CT molecular complexity index is 1280. The summed E-state index contributed by atoms with van der Waals surface area (Å²) in [5.74, 6) is 0.158. The van der Waals surface area contributed by atoms with Crippen molar-refractivity contribution in [3.8, 4) is 17.2 Å². The highest BCUT2D eigenvalue weighted by Gasteiger charge is 2.17. The third kappa shape index (κ3) is 5.16. The molecule has 166 valence electrons. The first-order chi connectivity index (χ1) is 15.9. The van der Waals surface area contributed by atoms with Gasteiger partial charge in [0.25, 0.3) is 5.91 Å². The fourth-order valence-electron chi connectivity index (χ4n) is 3.14. The number of nitro benzene ring substituents is 1. The number of hydrogen-bond donors (Lipinski definition) is 1. The largest absolute Gasteiger partial charge is 0.450 e. The first kappa shape index (κ1) is 22.0. The lowest BCUT2D eigenvalue weighted by atomic mass is 10.1. The molecule has 0 radical (unpaired) electrons. The van der Waals surface area contributed by atoms with Crippen LogP contribution in [0.2, 0.25) is 5.02 Å². The van der Waals surface area contributed by atoms with Crippen LogP contribution in [0.4, 0.5) is 5.69 Å². The monoisotopic (exact) mass is 463 g/mol. The Labute approximate surface area is 193 Å². The van der Waals surface area contributed by atoms with Gasteiger partial charge in [0.05, 0.1) is 16.7 Å². The maximum absolute atomic E-state index is 12.7. The number of nitrogens with one attached hydrogen (secondary N) is 1. The molecule has 1 N–H and O–H groups in total. The Balaban J connectivity index is 1.41. The number of hydrogen-bond acceptors (Lipinski definition) is 6. The van der Waals surface area contributed by atoms with Crippen molar-refractivity contribution in [2.24, 2.45) is 0 Å². The van der Waals surface area contributed by atoms with Crippen LogP contribution < -0.4 is 10.1 Å². The molecule has 9 nitrogen and oxygen atoms in total. The zero-order valence-corrected chi connectivity index (χ0v) is 18.1. The molecule has 0 bridgehead atoms. The molecule has 1 unspecified atom stereocenters. The van der Waals surface area contributed by atoms with Crippen molar-refractivity contribution in [1.82, 2.24) is 20.1 Å². The summed E-state index contributed by atoms with van der Waals surface area (Å²) in [4.78, 5) is 27.2. The molecule has 0 aliphatic rings. The number of carbonyl (C=O) groups excluding carboxylic acids is 1. The van der Waals surface area contributed by atoms with Crippen LogP contribution in [0, 0.1) is 10.1 Å². The minimum Gasteiger partial charge on any atom is -0.450 e. The van der Waals surface area contributed by atoms with Crippen LogP contribution in [0.25, 0.3) is 5.69 Å². The number of carbonyl (C=O) groups is 1. The van der Waals surface area contributed by atoms with Crippen LogP contribution in [-0.2, 0) is 0 Å². The summed E-state index contributed by atoms with van der Waals surface area (Å²) >= 11 is 5.83. The fourth-order valence-corrected chi connectivity index (χ4v) is 3.31. The minimum absolute atomic E-state index is 0.0598. The van der Waals surface area contributed by atoms with E-state index in [0.29, 0.717) is 11.3 Å². The van der Waals surface area contributed by atoms with Crippen molar-refractivity contribution >= 4 is 23.2 Å². The molecule has 1 heterocycles. The average Bonchev–Trinajstić information content (AvgIpc) is 3.35. The van der Waals surface area contributed by atoms with Gasteiger partial charge in [0.2, 0.25) is 5.75 Å². The lowest BCUT2D eigenvalue weighted by molar-refractivity contribution is -0.385. The highest BCUT2D eigenvalue weighted by atomic mass is 35.5. The SMILES string of the molecule is CC(NC(=O)c1ccc(Oc2ccc(Cl)cc2[N+](=O)[O-])cc1)c1ccc(-n2cncn2)cc1. The topological polar surface area (TPSA) is 112 Å². The summed E-state index contributed by atoms with van der Waals surface area (Å²) in [5.41, 5.74) is 1.99. The highest BCUT2D eigenvalue weighted by Crippen LogP contribution is 2.33. The van der Waals surface area contributed by atoms with Crippen molar-refractivity contribution in [2.45, 2.75) is 13.0 Å². The maximum Gasteiger partial charge on any atom is 0.313 e. The van der Waals surface area contributed by atoms with Crippen LogP contribution >= 0.6 is 11.6 Å². The second-order valence-electron chi connectivity index (χ2n) is 7.12. The van der Waals surface area contributed by atoms with E-state index in [9.17, 15) is 14.9 Å². The summed E-state index contributed by atoms with van der Waals surface area (Å²) in [6, 6.07) is 17.9. The summed E-state index contributed by atoms with van der Waals surface area (Å²) in [6.45, 7) is 1.89. The molecule has 0 aliphatic heterocycles. The van der Waals surface area contributed by atoms with E-state index in [2.05, 4.69) is 15.4 Å². The van der Waals surface area contributed by atoms with Crippen LogP contribution in [-0.4, -0.2) is 25.6 Å². The zero-order valence-electron chi connectivity index (χ0n) is 17.4. The third-order valence-corrected chi connectivity index (χ3v) is 5.12. The number of benzene rings is 3. The number of nitro groups is 1. The van der Waals surface area contributed by atoms with Crippen molar-refractivity contribution in [3.63, 3.8) is 0 Å². The van der Waals surface area contributed by atoms with E-state index in [-0.39, 0.29) is 28.4 Å². The van der Waals surface area contributed by atoms with Gasteiger partial charge in [-0.15, -0.1) is 0 Å². The van der Waals surface area contributed by atoms with Crippen LogP contribution in [0.1, 0.15) is 28.9 Å². The van der Waals surface area contributed by atoms with Crippen LogP contribution in [0.3, 0.4) is 0 Å². The van der Waals surface area contributed by atoms with Gasteiger partial charge in [-0.05, 0) is 61.0 Å². The standard InChI is InChI=1S/C23H18ClN5O4/c1-15(16-2-7-19(8-3-16)28-14-25-13-26-28)27-23(30)17-4-9-20(10-5-17)33-22-11-6-18(24)12-21(22)29(31)32/h2-15H,1H3,(H,27,30). The van der Waals surface area contributed by atoms with Gasteiger partial charge in [0.15, 0.2) is 0 Å². The van der Waals surface area contributed by atoms with E-state index in [0.717, 1.165) is 11.3 Å².